The topological polar surface area (TPSA) is 60.9 Å². The number of nitrogens with zero attached hydrogens (tertiary/aromatic N) is 2. The average Bonchev–Trinajstić information content (AvgIpc) is 3.12. The molecule has 1 heterocycles. The second-order valence-corrected chi connectivity index (χ2v) is 6.92. The van der Waals surface area contributed by atoms with Gasteiger partial charge < -0.3 is 5.11 Å². The molecule has 0 aromatic carbocycles. The molecular weight excluding hydrogens is 228 g/mol. The minimum absolute atomic E-state index is 0.102. The van der Waals surface area contributed by atoms with E-state index in [4.69, 9.17) is 5.11 Å². The van der Waals surface area contributed by atoms with E-state index in [-0.39, 0.29) is 17.9 Å². The summed E-state index contributed by atoms with van der Waals surface area (Å²) in [6, 6.07) is 0.130. The maximum atomic E-state index is 12.0. The SMILES string of the molecule is CC(CO)N1CCN(S(=O)(=O)C2CC2)CC1. The second kappa shape index (κ2) is 4.60. The first-order valence-corrected chi connectivity index (χ1v) is 7.40. The second-order valence-electron chi connectivity index (χ2n) is 4.71. The molecule has 6 heteroatoms. The van der Waals surface area contributed by atoms with Crippen LogP contribution in [0.1, 0.15) is 19.8 Å². The fraction of sp³-hybridized carbons (Fsp3) is 1.00. The summed E-state index contributed by atoms with van der Waals surface area (Å²) in [4.78, 5) is 2.14. The molecule has 0 bridgehead atoms. The van der Waals surface area contributed by atoms with Crippen molar-refractivity contribution >= 4 is 10.0 Å². The average molecular weight is 248 g/mol. The molecule has 1 N–H and O–H groups in total. The smallest absolute Gasteiger partial charge is 0.217 e. The highest BCUT2D eigenvalue weighted by Gasteiger charge is 2.41. The van der Waals surface area contributed by atoms with E-state index in [0.29, 0.717) is 13.1 Å². The summed E-state index contributed by atoms with van der Waals surface area (Å²) in [6.07, 6.45) is 1.66. The number of rotatable bonds is 4. The Hall–Kier alpha value is -0.170. The summed E-state index contributed by atoms with van der Waals surface area (Å²) in [5.74, 6) is 0. The minimum Gasteiger partial charge on any atom is -0.395 e. The number of hydrogen-bond acceptors (Lipinski definition) is 4. The Bertz CT molecular complexity index is 332. The zero-order valence-electron chi connectivity index (χ0n) is 9.67. The van der Waals surface area contributed by atoms with Gasteiger partial charge in [-0.1, -0.05) is 0 Å². The molecule has 94 valence electrons. The van der Waals surface area contributed by atoms with E-state index < -0.39 is 10.0 Å². The van der Waals surface area contributed by atoms with Crippen LogP contribution in [-0.4, -0.2) is 66.8 Å². The van der Waals surface area contributed by atoms with E-state index in [0.717, 1.165) is 25.9 Å². The van der Waals surface area contributed by atoms with Crippen LogP contribution in [0.2, 0.25) is 0 Å². The molecule has 0 aromatic rings. The lowest BCUT2D eigenvalue weighted by Crippen LogP contribution is -2.52. The van der Waals surface area contributed by atoms with Gasteiger partial charge in [0.15, 0.2) is 0 Å². The Labute approximate surface area is 97.1 Å². The van der Waals surface area contributed by atoms with Gasteiger partial charge in [0.25, 0.3) is 0 Å². The molecule has 1 unspecified atom stereocenters. The summed E-state index contributed by atoms with van der Waals surface area (Å²) >= 11 is 0. The van der Waals surface area contributed by atoms with Crippen molar-refractivity contribution in [2.45, 2.75) is 31.1 Å². The molecule has 16 heavy (non-hydrogen) atoms. The van der Waals surface area contributed by atoms with E-state index in [2.05, 4.69) is 4.90 Å². The molecule has 1 aliphatic carbocycles. The lowest BCUT2D eigenvalue weighted by Gasteiger charge is -2.36. The molecule has 0 radical (unpaired) electrons. The van der Waals surface area contributed by atoms with Gasteiger partial charge in [0.2, 0.25) is 10.0 Å². The lowest BCUT2D eigenvalue weighted by atomic mass is 10.2. The minimum atomic E-state index is -3.00. The molecule has 1 saturated heterocycles. The molecular formula is C10H20N2O3S. The van der Waals surface area contributed by atoms with Crippen molar-refractivity contribution in [1.82, 2.24) is 9.21 Å². The first-order chi connectivity index (χ1) is 7.55. The van der Waals surface area contributed by atoms with Gasteiger partial charge in [0.1, 0.15) is 0 Å². The van der Waals surface area contributed by atoms with E-state index in [9.17, 15) is 8.42 Å². The van der Waals surface area contributed by atoms with Gasteiger partial charge in [0, 0.05) is 32.2 Å². The van der Waals surface area contributed by atoms with Crippen LogP contribution >= 0.6 is 0 Å². The monoisotopic (exact) mass is 248 g/mol. The summed E-state index contributed by atoms with van der Waals surface area (Å²) in [5, 5.41) is 8.94. The zero-order valence-corrected chi connectivity index (χ0v) is 10.5. The fourth-order valence-corrected chi connectivity index (χ4v) is 3.92. The Morgan fingerprint density at radius 2 is 1.81 bits per heavy atom. The molecule has 5 nitrogen and oxygen atoms in total. The zero-order chi connectivity index (χ0) is 11.8. The van der Waals surface area contributed by atoms with Gasteiger partial charge in [-0.05, 0) is 19.8 Å². The third-order valence-electron chi connectivity index (χ3n) is 3.47. The van der Waals surface area contributed by atoms with E-state index in [1.807, 2.05) is 6.92 Å². The van der Waals surface area contributed by atoms with Crippen molar-refractivity contribution in [3.63, 3.8) is 0 Å². The molecule has 1 aliphatic heterocycles. The molecule has 1 atom stereocenters. The number of piperazine rings is 1. The Kier molecular flexibility index (Phi) is 3.53. The maximum Gasteiger partial charge on any atom is 0.217 e. The highest BCUT2D eigenvalue weighted by molar-refractivity contribution is 7.90. The normalized spacial score (nSPS) is 26.9. The number of sulfonamides is 1. The predicted octanol–water partition coefficient (Wildman–Crippen LogP) is -0.523. The van der Waals surface area contributed by atoms with Crippen molar-refractivity contribution in [1.29, 1.82) is 0 Å². The van der Waals surface area contributed by atoms with Crippen molar-refractivity contribution < 1.29 is 13.5 Å². The number of aliphatic hydroxyl groups is 1. The summed E-state index contributed by atoms with van der Waals surface area (Å²) in [6.45, 7) is 4.70. The van der Waals surface area contributed by atoms with Gasteiger partial charge in [-0.3, -0.25) is 4.90 Å². The lowest BCUT2D eigenvalue weighted by molar-refractivity contribution is 0.100. The Morgan fingerprint density at radius 1 is 1.25 bits per heavy atom. The van der Waals surface area contributed by atoms with Crippen LogP contribution in [0.3, 0.4) is 0 Å². The quantitative estimate of drug-likeness (QED) is 0.727. The van der Waals surface area contributed by atoms with E-state index >= 15 is 0 Å². The van der Waals surface area contributed by atoms with Crippen LogP contribution in [0.5, 0.6) is 0 Å². The van der Waals surface area contributed by atoms with Gasteiger partial charge in [-0.2, -0.15) is 4.31 Å². The summed E-state index contributed by atoms with van der Waals surface area (Å²) < 4.78 is 25.5. The maximum absolute atomic E-state index is 12.0. The summed E-state index contributed by atoms with van der Waals surface area (Å²) in [5.41, 5.74) is 0. The third kappa shape index (κ3) is 2.40. The van der Waals surface area contributed by atoms with Crippen LogP contribution in [0.25, 0.3) is 0 Å². The number of hydrogen-bond donors (Lipinski definition) is 1. The largest absolute Gasteiger partial charge is 0.395 e. The first kappa shape index (κ1) is 12.3. The molecule has 0 aromatic heterocycles. The fourth-order valence-electron chi connectivity index (χ4n) is 2.09. The Balaban J connectivity index is 1.90. The molecule has 2 rings (SSSR count). The molecule has 1 saturated carbocycles. The van der Waals surface area contributed by atoms with E-state index in [1.165, 1.54) is 0 Å². The van der Waals surface area contributed by atoms with Crippen LogP contribution in [0.15, 0.2) is 0 Å². The molecule has 0 amide bonds. The van der Waals surface area contributed by atoms with Gasteiger partial charge in [0.05, 0.1) is 11.9 Å². The van der Waals surface area contributed by atoms with E-state index in [1.54, 1.807) is 4.31 Å². The molecule has 0 spiro atoms. The Morgan fingerprint density at radius 3 is 2.25 bits per heavy atom. The molecule has 2 aliphatic rings. The van der Waals surface area contributed by atoms with Gasteiger partial charge >= 0.3 is 0 Å². The van der Waals surface area contributed by atoms with Crippen molar-refractivity contribution in [3.8, 4) is 0 Å². The van der Waals surface area contributed by atoms with Crippen LogP contribution in [0, 0.1) is 0 Å². The van der Waals surface area contributed by atoms with Crippen molar-refractivity contribution in [3.05, 3.63) is 0 Å². The van der Waals surface area contributed by atoms with Gasteiger partial charge in [-0.25, -0.2) is 8.42 Å². The predicted molar refractivity (Wildman–Crippen MR) is 61.6 cm³/mol. The van der Waals surface area contributed by atoms with Crippen LogP contribution < -0.4 is 0 Å². The number of aliphatic hydroxyl groups excluding tert-OH is 1. The van der Waals surface area contributed by atoms with Gasteiger partial charge in [-0.15, -0.1) is 0 Å². The molecule has 2 fully saturated rings. The van der Waals surface area contributed by atoms with Crippen molar-refractivity contribution in [2.24, 2.45) is 0 Å². The van der Waals surface area contributed by atoms with Crippen molar-refractivity contribution in [2.75, 3.05) is 32.8 Å². The van der Waals surface area contributed by atoms with Crippen LogP contribution in [-0.2, 0) is 10.0 Å². The van der Waals surface area contributed by atoms with Crippen LogP contribution in [0.4, 0.5) is 0 Å². The third-order valence-corrected chi connectivity index (χ3v) is 5.87. The highest BCUT2D eigenvalue weighted by atomic mass is 32.2. The highest BCUT2D eigenvalue weighted by Crippen LogP contribution is 2.31. The standard InChI is InChI=1S/C10H20N2O3S/c1-9(8-13)11-4-6-12(7-5-11)16(14,15)10-2-3-10/h9-10,13H,2-8H2,1H3. The first-order valence-electron chi connectivity index (χ1n) is 5.89. The summed E-state index contributed by atoms with van der Waals surface area (Å²) in [7, 11) is -3.00.